The van der Waals surface area contributed by atoms with Gasteiger partial charge in [0, 0.05) is 24.7 Å². The number of piperidine rings is 2. The van der Waals surface area contributed by atoms with Crippen LogP contribution in [0.1, 0.15) is 51.9 Å². The molecule has 2 heterocycles. The van der Waals surface area contributed by atoms with Crippen LogP contribution in [-0.2, 0) is 9.53 Å². The zero-order valence-corrected chi connectivity index (χ0v) is 12.4. The number of rotatable bonds is 6. The zero-order valence-electron chi connectivity index (χ0n) is 12.4. The molecule has 0 aromatic carbocycles. The van der Waals surface area contributed by atoms with Crippen molar-refractivity contribution in [1.82, 2.24) is 10.2 Å². The highest BCUT2D eigenvalue weighted by molar-refractivity contribution is 5.69. The van der Waals surface area contributed by atoms with E-state index >= 15 is 0 Å². The molecule has 2 rings (SSSR count). The highest BCUT2D eigenvalue weighted by atomic mass is 16.5. The lowest BCUT2D eigenvalue weighted by atomic mass is 9.81. The lowest BCUT2D eigenvalue weighted by Crippen LogP contribution is -2.56. The van der Waals surface area contributed by atoms with Crippen LogP contribution in [-0.4, -0.2) is 49.2 Å². The van der Waals surface area contributed by atoms with E-state index in [1.165, 1.54) is 45.6 Å². The van der Waals surface area contributed by atoms with Crippen molar-refractivity contribution >= 4 is 5.97 Å². The molecule has 0 spiro atoms. The van der Waals surface area contributed by atoms with Gasteiger partial charge in [-0.15, -0.1) is 0 Å². The van der Waals surface area contributed by atoms with Crippen LogP contribution in [0.15, 0.2) is 0 Å². The molecule has 0 aromatic heterocycles. The van der Waals surface area contributed by atoms with Crippen molar-refractivity contribution in [1.29, 1.82) is 0 Å². The summed E-state index contributed by atoms with van der Waals surface area (Å²) in [6.45, 7) is 4.23. The van der Waals surface area contributed by atoms with E-state index in [0.717, 1.165) is 13.1 Å². The molecule has 0 radical (unpaired) electrons. The molecule has 4 heteroatoms. The molecular formula is C15H28N2O2. The molecule has 0 aliphatic carbocycles. The standard InChI is InChI=1S/C15H28N2O2/c1-3-8-16-12-10-13-5-4-6-14(11-12)17(13)9-7-15(18)19-2/h12-14,16H,3-11H2,1-2H3. The van der Waals surface area contributed by atoms with E-state index in [2.05, 4.69) is 17.1 Å². The quantitative estimate of drug-likeness (QED) is 0.748. The SMILES string of the molecule is CCCNC1CC2CCCC(C1)N2CCC(=O)OC. The maximum atomic E-state index is 11.3. The van der Waals surface area contributed by atoms with Crippen molar-refractivity contribution < 1.29 is 9.53 Å². The highest BCUT2D eigenvalue weighted by Crippen LogP contribution is 2.34. The summed E-state index contributed by atoms with van der Waals surface area (Å²) >= 11 is 0. The number of hydrogen-bond acceptors (Lipinski definition) is 4. The van der Waals surface area contributed by atoms with Crippen molar-refractivity contribution in [3.8, 4) is 0 Å². The summed E-state index contributed by atoms with van der Waals surface area (Å²) in [6.07, 6.45) is 8.18. The number of ether oxygens (including phenoxy) is 1. The molecule has 19 heavy (non-hydrogen) atoms. The molecule has 2 fully saturated rings. The number of carbonyl (C=O) groups excluding carboxylic acids is 1. The first-order chi connectivity index (χ1) is 9.24. The first kappa shape index (κ1) is 14.8. The summed E-state index contributed by atoms with van der Waals surface area (Å²) in [7, 11) is 1.48. The molecular weight excluding hydrogens is 240 g/mol. The van der Waals surface area contributed by atoms with Crippen molar-refractivity contribution in [2.24, 2.45) is 0 Å². The van der Waals surface area contributed by atoms with Crippen LogP contribution in [0.3, 0.4) is 0 Å². The number of hydrogen-bond donors (Lipinski definition) is 1. The van der Waals surface area contributed by atoms with Gasteiger partial charge in [-0.2, -0.15) is 0 Å². The van der Waals surface area contributed by atoms with Crippen LogP contribution in [0.25, 0.3) is 0 Å². The fraction of sp³-hybridized carbons (Fsp3) is 0.933. The molecule has 2 aliphatic heterocycles. The number of fused-ring (bicyclic) bond motifs is 2. The molecule has 0 saturated carbocycles. The van der Waals surface area contributed by atoms with Crippen LogP contribution >= 0.6 is 0 Å². The molecule has 2 bridgehead atoms. The van der Waals surface area contributed by atoms with E-state index in [1.54, 1.807) is 0 Å². The Hall–Kier alpha value is -0.610. The third-order valence-corrected chi connectivity index (χ3v) is 4.61. The van der Waals surface area contributed by atoms with Crippen LogP contribution in [0.2, 0.25) is 0 Å². The number of carbonyl (C=O) groups is 1. The molecule has 1 N–H and O–H groups in total. The maximum absolute atomic E-state index is 11.3. The molecule has 0 aromatic rings. The Morgan fingerprint density at radius 3 is 2.58 bits per heavy atom. The molecule has 4 nitrogen and oxygen atoms in total. The third kappa shape index (κ3) is 3.93. The second-order valence-electron chi connectivity index (χ2n) is 5.92. The van der Waals surface area contributed by atoms with Gasteiger partial charge in [0.15, 0.2) is 0 Å². The first-order valence-corrected chi connectivity index (χ1v) is 7.80. The van der Waals surface area contributed by atoms with Gasteiger partial charge in [0.25, 0.3) is 0 Å². The van der Waals surface area contributed by atoms with Crippen LogP contribution in [0.4, 0.5) is 0 Å². The van der Waals surface area contributed by atoms with Crippen molar-refractivity contribution in [3.05, 3.63) is 0 Å². The summed E-state index contributed by atoms with van der Waals surface area (Å²) in [5.74, 6) is -0.0793. The van der Waals surface area contributed by atoms with Gasteiger partial charge in [0.2, 0.25) is 0 Å². The molecule has 0 amide bonds. The lowest BCUT2D eigenvalue weighted by molar-refractivity contribution is -0.141. The Kier molecular flexibility index (Phi) is 5.64. The highest BCUT2D eigenvalue weighted by Gasteiger charge is 2.37. The Bertz CT molecular complexity index is 282. The summed E-state index contributed by atoms with van der Waals surface area (Å²) in [5, 5.41) is 3.68. The predicted octanol–water partition coefficient (Wildman–Crippen LogP) is 1.93. The minimum absolute atomic E-state index is 0.0793. The van der Waals surface area contributed by atoms with Crippen molar-refractivity contribution in [2.45, 2.75) is 70.0 Å². The Morgan fingerprint density at radius 2 is 2.00 bits per heavy atom. The monoisotopic (exact) mass is 268 g/mol. The second-order valence-corrected chi connectivity index (χ2v) is 5.92. The normalized spacial score (nSPS) is 31.2. The average molecular weight is 268 g/mol. The predicted molar refractivity (Wildman–Crippen MR) is 76.1 cm³/mol. The molecule has 2 unspecified atom stereocenters. The van der Waals surface area contributed by atoms with Gasteiger partial charge in [0.05, 0.1) is 13.5 Å². The van der Waals surface area contributed by atoms with E-state index in [1.807, 2.05) is 0 Å². The van der Waals surface area contributed by atoms with Gasteiger partial charge in [-0.25, -0.2) is 0 Å². The largest absolute Gasteiger partial charge is 0.469 e. The van der Waals surface area contributed by atoms with Gasteiger partial charge < -0.3 is 10.1 Å². The number of methoxy groups -OCH3 is 1. The lowest BCUT2D eigenvalue weighted by Gasteiger charge is -2.49. The van der Waals surface area contributed by atoms with Crippen LogP contribution in [0, 0.1) is 0 Å². The van der Waals surface area contributed by atoms with E-state index in [4.69, 9.17) is 4.74 Å². The number of nitrogens with zero attached hydrogens (tertiary/aromatic N) is 1. The van der Waals surface area contributed by atoms with Gasteiger partial charge in [0.1, 0.15) is 0 Å². The van der Waals surface area contributed by atoms with Crippen molar-refractivity contribution in [3.63, 3.8) is 0 Å². The van der Waals surface area contributed by atoms with E-state index < -0.39 is 0 Å². The molecule has 110 valence electrons. The van der Waals surface area contributed by atoms with Gasteiger partial charge >= 0.3 is 5.97 Å². The molecule has 2 saturated heterocycles. The first-order valence-electron chi connectivity index (χ1n) is 7.80. The summed E-state index contributed by atoms with van der Waals surface area (Å²) < 4.78 is 4.76. The zero-order chi connectivity index (χ0) is 13.7. The van der Waals surface area contributed by atoms with E-state index in [-0.39, 0.29) is 5.97 Å². The fourth-order valence-electron chi connectivity index (χ4n) is 3.68. The Morgan fingerprint density at radius 1 is 1.32 bits per heavy atom. The number of nitrogens with one attached hydrogen (secondary N) is 1. The second kappa shape index (κ2) is 7.25. The topological polar surface area (TPSA) is 41.6 Å². The maximum Gasteiger partial charge on any atom is 0.306 e. The van der Waals surface area contributed by atoms with Gasteiger partial charge in [-0.1, -0.05) is 13.3 Å². The molecule has 2 aliphatic rings. The minimum atomic E-state index is -0.0793. The fourth-order valence-corrected chi connectivity index (χ4v) is 3.68. The van der Waals surface area contributed by atoms with E-state index in [0.29, 0.717) is 24.5 Å². The Balaban J connectivity index is 1.86. The Labute approximate surface area is 116 Å². The summed E-state index contributed by atoms with van der Waals surface area (Å²) in [5.41, 5.74) is 0. The van der Waals surface area contributed by atoms with Gasteiger partial charge in [-0.05, 0) is 38.6 Å². The van der Waals surface area contributed by atoms with Crippen LogP contribution in [0.5, 0.6) is 0 Å². The van der Waals surface area contributed by atoms with Gasteiger partial charge in [-0.3, -0.25) is 9.69 Å². The van der Waals surface area contributed by atoms with Crippen molar-refractivity contribution in [2.75, 3.05) is 20.2 Å². The minimum Gasteiger partial charge on any atom is -0.469 e. The summed E-state index contributed by atoms with van der Waals surface area (Å²) in [4.78, 5) is 13.9. The molecule has 2 atom stereocenters. The summed E-state index contributed by atoms with van der Waals surface area (Å²) in [6, 6.07) is 2.03. The number of esters is 1. The van der Waals surface area contributed by atoms with E-state index in [9.17, 15) is 4.79 Å². The van der Waals surface area contributed by atoms with Crippen LogP contribution < -0.4 is 5.32 Å². The smallest absolute Gasteiger partial charge is 0.306 e. The third-order valence-electron chi connectivity index (χ3n) is 4.61. The average Bonchev–Trinajstić information content (AvgIpc) is 2.41.